The molecule has 1 heterocycles. The van der Waals surface area contributed by atoms with E-state index in [1.807, 2.05) is 0 Å². The predicted octanol–water partition coefficient (Wildman–Crippen LogP) is 5.12. The molecule has 1 fully saturated rings. The molecule has 0 aromatic rings. The molecule has 188 valence electrons. The summed E-state index contributed by atoms with van der Waals surface area (Å²) in [5.41, 5.74) is 0. The number of rotatable bonds is 18. The molecule has 1 unspecified atom stereocenters. The lowest BCUT2D eigenvalue weighted by molar-refractivity contribution is -0.197. The van der Waals surface area contributed by atoms with Gasteiger partial charge in [-0.25, -0.2) is 9.46 Å². The Bertz CT molecular complexity index is 625. The maximum atomic E-state index is 11.8. The van der Waals surface area contributed by atoms with Gasteiger partial charge in [0.05, 0.1) is 13.2 Å². The van der Waals surface area contributed by atoms with E-state index in [1.54, 1.807) is 0 Å². The minimum absolute atomic E-state index is 0.116. The Hall–Kier alpha value is -1.52. The highest BCUT2D eigenvalue weighted by Crippen LogP contribution is 2.46. The van der Waals surface area contributed by atoms with Crippen molar-refractivity contribution < 1.29 is 28.3 Å². The molecule has 0 aliphatic carbocycles. The van der Waals surface area contributed by atoms with Crippen molar-refractivity contribution in [3.8, 4) is 12.3 Å². The van der Waals surface area contributed by atoms with Crippen LogP contribution in [0.1, 0.15) is 98.3 Å². The van der Waals surface area contributed by atoms with Gasteiger partial charge in [0.15, 0.2) is 0 Å². The van der Waals surface area contributed by atoms with Crippen LogP contribution < -0.4 is 0 Å². The minimum atomic E-state index is -1.12. The summed E-state index contributed by atoms with van der Waals surface area (Å²) in [4.78, 5) is 39.5. The Labute approximate surface area is 200 Å². The van der Waals surface area contributed by atoms with Crippen LogP contribution in [0.2, 0.25) is 0 Å². The molecule has 1 saturated heterocycles. The van der Waals surface area contributed by atoms with Crippen LogP contribution in [0.15, 0.2) is 0 Å². The van der Waals surface area contributed by atoms with Crippen LogP contribution in [0.4, 0.5) is 0 Å². The number of carbonyl (C=O) groups excluding carboxylic acids is 3. The monoisotopic (exact) mass is 484 g/mol. The van der Waals surface area contributed by atoms with Crippen molar-refractivity contribution in [3.05, 3.63) is 0 Å². The average Bonchev–Trinajstić information content (AvgIpc) is 3.06. The largest absolute Gasteiger partial charge is 0.333 e. The first-order chi connectivity index (χ1) is 15.8. The van der Waals surface area contributed by atoms with Gasteiger partial charge >= 0.3 is 5.97 Å². The van der Waals surface area contributed by atoms with Crippen molar-refractivity contribution in [2.24, 2.45) is 0 Å². The second-order valence-electron chi connectivity index (χ2n) is 8.70. The lowest BCUT2D eigenvalue weighted by Gasteiger charge is -2.35. The van der Waals surface area contributed by atoms with Crippen LogP contribution >= 0.6 is 8.53 Å². The number of hydrogen-bond acceptors (Lipinski definition) is 7. The molecule has 0 bridgehead atoms. The Morgan fingerprint density at radius 2 is 1.45 bits per heavy atom. The third kappa shape index (κ3) is 12.0. The van der Waals surface area contributed by atoms with Crippen LogP contribution in [0.25, 0.3) is 0 Å². The first kappa shape index (κ1) is 29.5. The van der Waals surface area contributed by atoms with Gasteiger partial charge < -0.3 is 13.9 Å². The summed E-state index contributed by atoms with van der Waals surface area (Å²) < 4.78 is 14.3. The first-order valence-electron chi connectivity index (χ1n) is 12.1. The molecule has 33 heavy (non-hydrogen) atoms. The molecule has 8 nitrogen and oxygen atoms in total. The average molecular weight is 485 g/mol. The van der Waals surface area contributed by atoms with Crippen LogP contribution in [-0.4, -0.2) is 52.8 Å². The Morgan fingerprint density at radius 3 is 2.00 bits per heavy atom. The Morgan fingerprint density at radius 1 is 0.939 bits per heavy atom. The molecule has 0 aromatic carbocycles. The quantitative estimate of drug-likeness (QED) is 0.116. The van der Waals surface area contributed by atoms with Gasteiger partial charge in [-0.05, 0) is 40.5 Å². The predicted molar refractivity (Wildman–Crippen MR) is 129 cm³/mol. The maximum Gasteiger partial charge on any atom is 0.333 e. The SMILES string of the molecule is C#CCCOP(OCCCCCCCCCC(=O)ON1C(=O)CCC1=O)N(C(C)C)C(C)C. The Balaban J connectivity index is 2.12. The van der Waals surface area contributed by atoms with Gasteiger partial charge in [0, 0.05) is 37.8 Å². The van der Waals surface area contributed by atoms with Crippen molar-refractivity contribution in [2.45, 2.75) is 110 Å². The van der Waals surface area contributed by atoms with Crippen molar-refractivity contribution in [3.63, 3.8) is 0 Å². The van der Waals surface area contributed by atoms with E-state index in [9.17, 15) is 14.4 Å². The number of carbonyl (C=O) groups is 3. The molecule has 0 N–H and O–H groups in total. The molecule has 2 amide bonds. The normalized spacial score (nSPS) is 15.0. The maximum absolute atomic E-state index is 11.8. The zero-order valence-corrected chi connectivity index (χ0v) is 21.6. The molecule has 1 atom stereocenters. The van der Waals surface area contributed by atoms with Crippen LogP contribution in [0.5, 0.6) is 0 Å². The molecule has 9 heteroatoms. The van der Waals surface area contributed by atoms with Crippen LogP contribution in [0.3, 0.4) is 0 Å². The number of amides is 2. The summed E-state index contributed by atoms with van der Waals surface area (Å²) in [6.45, 7) is 9.76. The van der Waals surface area contributed by atoms with E-state index < -0.39 is 26.3 Å². The second-order valence-corrected chi connectivity index (χ2v) is 10.1. The summed E-state index contributed by atoms with van der Waals surface area (Å²) in [5, 5.41) is 0.609. The van der Waals surface area contributed by atoms with E-state index >= 15 is 0 Å². The lowest BCUT2D eigenvalue weighted by Crippen LogP contribution is -2.33. The van der Waals surface area contributed by atoms with E-state index in [0.717, 1.165) is 38.5 Å². The summed E-state index contributed by atoms with van der Waals surface area (Å²) in [5.74, 6) is 1.21. The Kier molecular flexibility index (Phi) is 15.2. The summed E-state index contributed by atoms with van der Waals surface area (Å²) >= 11 is 0. The second kappa shape index (κ2) is 17.0. The van der Waals surface area contributed by atoms with Gasteiger partial charge in [-0.1, -0.05) is 32.1 Å². The smallest absolute Gasteiger partial charge is 0.330 e. The number of imide groups is 1. The molecule has 1 rings (SSSR count). The summed E-state index contributed by atoms with van der Waals surface area (Å²) in [6.07, 6.45) is 13.3. The molecule has 0 radical (unpaired) electrons. The molecule has 1 aliphatic rings. The highest BCUT2D eigenvalue weighted by Gasteiger charge is 2.32. The number of hydroxylamine groups is 2. The highest BCUT2D eigenvalue weighted by atomic mass is 31.2. The lowest BCUT2D eigenvalue weighted by atomic mass is 10.1. The van der Waals surface area contributed by atoms with E-state index in [4.69, 9.17) is 20.3 Å². The molecule has 0 aromatic heterocycles. The number of hydrogen-bond donors (Lipinski definition) is 0. The van der Waals surface area contributed by atoms with Gasteiger partial charge in [0.1, 0.15) is 0 Å². The fraction of sp³-hybridized carbons (Fsp3) is 0.792. The fourth-order valence-electron chi connectivity index (χ4n) is 3.53. The van der Waals surface area contributed by atoms with Crippen molar-refractivity contribution >= 4 is 26.3 Å². The minimum Gasteiger partial charge on any atom is -0.330 e. The third-order valence-electron chi connectivity index (χ3n) is 5.12. The standard InChI is InChI=1S/C24H41N2O6P/c1-6-7-18-30-33(26(20(2)3)21(4)5)31-19-14-12-10-8-9-11-13-15-24(29)32-25-22(27)16-17-23(25)28/h1,20-21H,7-19H2,2-5H3. The van der Waals surface area contributed by atoms with E-state index in [-0.39, 0.29) is 19.3 Å². The first-order valence-corrected chi connectivity index (χ1v) is 13.2. The van der Waals surface area contributed by atoms with Crippen molar-refractivity contribution in [1.29, 1.82) is 0 Å². The van der Waals surface area contributed by atoms with Gasteiger partial charge in [0.25, 0.3) is 20.3 Å². The number of nitrogens with zero attached hydrogens (tertiary/aromatic N) is 2. The van der Waals surface area contributed by atoms with E-state index in [2.05, 4.69) is 38.3 Å². The van der Waals surface area contributed by atoms with E-state index in [1.165, 1.54) is 0 Å². The van der Waals surface area contributed by atoms with Gasteiger partial charge in [-0.3, -0.25) is 9.59 Å². The molecule has 1 aliphatic heterocycles. The fourth-order valence-corrected chi connectivity index (χ4v) is 5.16. The molecule has 0 saturated carbocycles. The zero-order chi connectivity index (χ0) is 24.6. The topological polar surface area (TPSA) is 85.4 Å². The molecular weight excluding hydrogens is 443 g/mol. The summed E-state index contributed by atoms with van der Waals surface area (Å²) in [6, 6.07) is 0.658. The molecular formula is C24H41N2O6P. The van der Waals surface area contributed by atoms with Crippen LogP contribution in [-0.2, 0) is 28.3 Å². The van der Waals surface area contributed by atoms with Gasteiger partial charge in [-0.2, -0.15) is 0 Å². The van der Waals surface area contributed by atoms with Gasteiger partial charge in [0.2, 0.25) is 0 Å². The molecule has 0 spiro atoms. The number of terminal acetylenes is 1. The van der Waals surface area contributed by atoms with E-state index in [0.29, 0.717) is 43.2 Å². The van der Waals surface area contributed by atoms with Crippen molar-refractivity contribution in [1.82, 2.24) is 9.73 Å². The van der Waals surface area contributed by atoms with Gasteiger partial charge in [-0.15, -0.1) is 17.4 Å². The zero-order valence-electron chi connectivity index (χ0n) is 20.7. The van der Waals surface area contributed by atoms with Crippen LogP contribution in [0, 0.1) is 12.3 Å². The summed E-state index contributed by atoms with van der Waals surface area (Å²) in [7, 11) is -1.12. The third-order valence-corrected chi connectivity index (χ3v) is 7.23. The number of unbranched alkanes of at least 4 members (excludes halogenated alkanes) is 6. The highest BCUT2D eigenvalue weighted by molar-refractivity contribution is 7.44. The van der Waals surface area contributed by atoms with Crippen molar-refractivity contribution in [2.75, 3.05) is 13.2 Å².